The summed E-state index contributed by atoms with van der Waals surface area (Å²) in [6.45, 7) is 8.42. The zero-order valence-corrected chi connectivity index (χ0v) is 15.2. The van der Waals surface area contributed by atoms with Crippen LogP contribution in [0.1, 0.15) is 56.0 Å². The Morgan fingerprint density at radius 2 is 2.12 bits per heavy atom. The van der Waals surface area contributed by atoms with Gasteiger partial charge in [0, 0.05) is 12.2 Å². The van der Waals surface area contributed by atoms with E-state index >= 15 is 0 Å². The fraction of sp³-hybridized carbons (Fsp3) is 0.526. The summed E-state index contributed by atoms with van der Waals surface area (Å²) in [5.41, 5.74) is 0.542. The molecule has 1 amide bonds. The summed E-state index contributed by atoms with van der Waals surface area (Å²) >= 11 is 0. The smallest absolute Gasteiger partial charge is 0.274 e. The number of nitrogens with one attached hydrogen (secondary N) is 1. The number of aromatic hydroxyl groups is 1. The van der Waals surface area contributed by atoms with Crippen LogP contribution < -0.4 is 10.9 Å². The summed E-state index contributed by atoms with van der Waals surface area (Å²) in [5, 5.41) is 13.1. The van der Waals surface area contributed by atoms with Crippen molar-refractivity contribution in [3.63, 3.8) is 0 Å². The Morgan fingerprint density at radius 1 is 1.40 bits per heavy atom. The third kappa shape index (κ3) is 3.52. The third-order valence-electron chi connectivity index (χ3n) is 4.92. The van der Waals surface area contributed by atoms with Gasteiger partial charge >= 0.3 is 0 Å². The van der Waals surface area contributed by atoms with Crippen LogP contribution in [0.2, 0.25) is 0 Å². The van der Waals surface area contributed by atoms with Crippen LogP contribution in [0, 0.1) is 18.3 Å². The van der Waals surface area contributed by atoms with E-state index in [-0.39, 0.29) is 17.0 Å². The Hall–Kier alpha value is -2.37. The lowest BCUT2D eigenvalue weighted by Gasteiger charge is -2.39. The maximum atomic E-state index is 12.7. The Balaban J connectivity index is 1.92. The predicted octanol–water partition coefficient (Wildman–Crippen LogP) is 2.65. The number of nitrogens with zero attached hydrogens (tertiary/aromatic N) is 2. The van der Waals surface area contributed by atoms with E-state index in [4.69, 9.17) is 0 Å². The van der Waals surface area contributed by atoms with E-state index in [0.29, 0.717) is 11.6 Å². The number of fused-ring (bicyclic) bond motifs is 1. The highest BCUT2D eigenvalue weighted by atomic mass is 16.3. The van der Waals surface area contributed by atoms with E-state index in [1.54, 1.807) is 18.3 Å². The van der Waals surface area contributed by atoms with Crippen LogP contribution >= 0.6 is 0 Å². The number of aryl methyl sites for hydroxylation is 1. The average molecular weight is 343 g/mol. The Morgan fingerprint density at radius 3 is 2.80 bits per heavy atom. The molecule has 6 heteroatoms. The minimum absolute atomic E-state index is 0.0104. The Bertz CT molecular complexity index is 885. The zero-order chi connectivity index (χ0) is 18.4. The summed E-state index contributed by atoms with van der Waals surface area (Å²) in [7, 11) is 0. The molecule has 0 saturated heterocycles. The van der Waals surface area contributed by atoms with Crippen molar-refractivity contribution in [2.45, 2.75) is 53.0 Å². The van der Waals surface area contributed by atoms with Crippen LogP contribution in [0.3, 0.4) is 0 Å². The fourth-order valence-corrected chi connectivity index (χ4v) is 4.14. The highest BCUT2D eigenvalue weighted by molar-refractivity contribution is 5.96. The summed E-state index contributed by atoms with van der Waals surface area (Å²) < 4.78 is 1.29. The molecule has 2 heterocycles. The first-order valence-corrected chi connectivity index (χ1v) is 8.69. The van der Waals surface area contributed by atoms with E-state index in [9.17, 15) is 14.7 Å². The number of aromatic nitrogens is 2. The molecule has 25 heavy (non-hydrogen) atoms. The molecule has 2 N–H and O–H groups in total. The first kappa shape index (κ1) is 17.5. The molecule has 0 aromatic carbocycles. The number of amides is 1. The molecule has 1 aliphatic rings. The number of hydrogen-bond donors (Lipinski definition) is 2. The van der Waals surface area contributed by atoms with Gasteiger partial charge in [0.05, 0.1) is 0 Å². The summed E-state index contributed by atoms with van der Waals surface area (Å²) in [5.74, 6) is -0.572. The highest BCUT2D eigenvalue weighted by Gasteiger charge is 2.33. The molecular weight excluding hydrogens is 318 g/mol. The number of carbonyl (C=O) groups excluding carboxylic acids is 1. The van der Waals surface area contributed by atoms with Crippen LogP contribution in [-0.4, -0.2) is 26.4 Å². The van der Waals surface area contributed by atoms with Crippen molar-refractivity contribution in [3.05, 3.63) is 39.8 Å². The predicted molar refractivity (Wildman–Crippen MR) is 95.9 cm³/mol. The summed E-state index contributed by atoms with van der Waals surface area (Å²) in [6.07, 6.45) is 4.41. The van der Waals surface area contributed by atoms with Crippen LogP contribution in [0.4, 0.5) is 0 Å². The number of rotatable bonds is 2. The molecule has 2 aromatic heterocycles. The minimum atomic E-state index is -0.556. The van der Waals surface area contributed by atoms with E-state index in [0.717, 1.165) is 24.8 Å². The lowest BCUT2D eigenvalue weighted by molar-refractivity contribution is 0.0869. The Labute approximate surface area is 146 Å². The molecule has 0 bridgehead atoms. The number of pyridine rings is 1. The normalized spacial score (nSPS) is 22.7. The van der Waals surface area contributed by atoms with Gasteiger partial charge in [0.25, 0.3) is 11.5 Å². The minimum Gasteiger partial charge on any atom is -0.493 e. The lowest BCUT2D eigenvalue weighted by atomic mass is 9.70. The molecule has 0 spiro atoms. The molecule has 1 fully saturated rings. The quantitative estimate of drug-likeness (QED) is 0.878. The zero-order valence-electron chi connectivity index (χ0n) is 15.2. The van der Waals surface area contributed by atoms with Gasteiger partial charge in [-0.1, -0.05) is 20.8 Å². The van der Waals surface area contributed by atoms with Crippen LogP contribution in [0.25, 0.3) is 5.65 Å². The van der Waals surface area contributed by atoms with Crippen molar-refractivity contribution in [2.24, 2.45) is 11.3 Å². The second-order valence-corrected chi connectivity index (χ2v) is 8.13. The molecule has 1 aliphatic carbocycles. The van der Waals surface area contributed by atoms with Crippen molar-refractivity contribution in [1.82, 2.24) is 14.7 Å². The molecule has 134 valence electrons. The summed E-state index contributed by atoms with van der Waals surface area (Å²) in [4.78, 5) is 29.3. The second kappa shape index (κ2) is 6.17. The third-order valence-corrected chi connectivity index (χ3v) is 4.92. The highest BCUT2D eigenvalue weighted by Crippen LogP contribution is 2.38. The van der Waals surface area contributed by atoms with E-state index in [2.05, 4.69) is 31.1 Å². The first-order chi connectivity index (χ1) is 11.7. The standard InChI is InChI=1S/C19H25N3O3/c1-11-5-6-22-14(8-11)21-17(24)15(18(22)25)16(23)20-13-7-12(2)9-19(3,4)10-13/h5-6,8,12-13,24H,7,9-10H2,1-4H3,(H,20,23)/t12-,13-/m0/s1. The van der Waals surface area contributed by atoms with Gasteiger partial charge in [0.1, 0.15) is 5.65 Å². The SMILES string of the molecule is Cc1ccn2c(=O)c(C(=O)N[C@H]3C[C@H](C)CC(C)(C)C3)c(O)nc2c1. The molecule has 6 nitrogen and oxygen atoms in total. The Kier molecular flexibility index (Phi) is 4.31. The second-order valence-electron chi connectivity index (χ2n) is 8.13. The average Bonchev–Trinajstić information content (AvgIpc) is 2.44. The van der Waals surface area contributed by atoms with Crippen molar-refractivity contribution < 1.29 is 9.90 Å². The van der Waals surface area contributed by atoms with Gasteiger partial charge in [-0.15, -0.1) is 0 Å². The lowest BCUT2D eigenvalue weighted by Crippen LogP contribution is -2.44. The van der Waals surface area contributed by atoms with Gasteiger partial charge in [0.2, 0.25) is 5.88 Å². The maximum Gasteiger partial charge on any atom is 0.274 e. The van der Waals surface area contributed by atoms with Gasteiger partial charge in [-0.3, -0.25) is 14.0 Å². The van der Waals surface area contributed by atoms with Crippen molar-refractivity contribution >= 4 is 11.6 Å². The van der Waals surface area contributed by atoms with Gasteiger partial charge < -0.3 is 10.4 Å². The summed E-state index contributed by atoms with van der Waals surface area (Å²) in [6, 6.07) is 3.44. The van der Waals surface area contributed by atoms with Crippen molar-refractivity contribution in [3.8, 4) is 5.88 Å². The maximum absolute atomic E-state index is 12.7. The largest absolute Gasteiger partial charge is 0.493 e. The molecule has 0 unspecified atom stereocenters. The first-order valence-electron chi connectivity index (χ1n) is 8.69. The molecule has 2 aromatic rings. The number of carbonyl (C=O) groups is 1. The number of hydrogen-bond acceptors (Lipinski definition) is 4. The van der Waals surface area contributed by atoms with Crippen molar-refractivity contribution in [1.29, 1.82) is 0 Å². The van der Waals surface area contributed by atoms with Crippen LogP contribution in [-0.2, 0) is 0 Å². The monoisotopic (exact) mass is 343 g/mol. The van der Waals surface area contributed by atoms with Gasteiger partial charge in [0.15, 0.2) is 5.56 Å². The molecule has 2 atom stereocenters. The van der Waals surface area contributed by atoms with Gasteiger partial charge in [-0.2, -0.15) is 4.98 Å². The van der Waals surface area contributed by atoms with Gasteiger partial charge in [-0.25, -0.2) is 0 Å². The topological polar surface area (TPSA) is 83.7 Å². The molecule has 1 saturated carbocycles. The van der Waals surface area contributed by atoms with Gasteiger partial charge in [-0.05, 0) is 55.2 Å². The van der Waals surface area contributed by atoms with Crippen molar-refractivity contribution in [2.75, 3.05) is 0 Å². The fourth-order valence-electron chi connectivity index (χ4n) is 4.14. The molecule has 0 aliphatic heterocycles. The molecule has 0 radical (unpaired) electrons. The van der Waals surface area contributed by atoms with E-state index < -0.39 is 17.3 Å². The van der Waals surface area contributed by atoms with E-state index in [1.165, 1.54) is 4.40 Å². The molecular formula is C19H25N3O3. The van der Waals surface area contributed by atoms with Crippen LogP contribution in [0.5, 0.6) is 5.88 Å². The molecule has 3 rings (SSSR count). The van der Waals surface area contributed by atoms with E-state index in [1.807, 2.05) is 6.92 Å². The van der Waals surface area contributed by atoms with Crippen LogP contribution in [0.15, 0.2) is 23.1 Å².